The van der Waals surface area contributed by atoms with Crippen molar-refractivity contribution in [2.24, 2.45) is 5.84 Å². The van der Waals surface area contributed by atoms with Gasteiger partial charge in [0.05, 0.1) is 10.5 Å². The minimum absolute atomic E-state index is 0.0576. The van der Waals surface area contributed by atoms with Crippen molar-refractivity contribution >= 4 is 15.9 Å². The Morgan fingerprint density at radius 2 is 2.05 bits per heavy atom. The average Bonchev–Trinajstić information content (AvgIpc) is 2.47. The largest absolute Gasteiger partial charge is 0.271 e. The minimum Gasteiger partial charge on any atom is -0.271 e. The zero-order valence-corrected chi connectivity index (χ0v) is 12.2. The number of hydrogen-bond acceptors (Lipinski definition) is 3. The second-order valence-corrected chi connectivity index (χ2v) is 5.19. The van der Waals surface area contributed by atoms with Gasteiger partial charge in [-0.15, -0.1) is 0 Å². The number of halogens is 3. The number of hydrazine groups is 1. The highest BCUT2D eigenvalue weighted by Gasteiger charge is 2.21. The Bertz CT molecular complexity index is 578. The van der Waals surface area contributed by atoms with Crippen LogP contribution in [0.3, 0.4) is 0 Å². The number of rotatable bonds is 5. The van der Waals surface area contributed by atoms with E-state index in [1.807, 2.05) is 18.2 Å². The van der Waals surface area contributed by atoms with Crippen LogP contribution in [0.4, 0.5) is 8.78 Å². The van der Waals surface area contributed by atoms with Gasteiger partial charge in [-0.25, -0.2) is 8.78 Å². The van der Waals surface area contributed by atoms with E-state index in [0.717, 1.165) is 5.69 Å². The number of benzene rings is 1. The van der Waals surface area contributed by atoms with Gasteiger partial charge in [-0.1, -0.05) is 6.07 Å². The lowest BCUT2D eigenvalue weighted by Gasteiger charge is -2.18. The first-order valence-electron chi connectivity index (χ1n) is 6.13. The topological polar surface area (TPSA) is 50.9 Å². The van der Waals surface area contributed by atoms with Crippen molar-refractivity contribution in [1.82, 2.24) is 10.4 Å². The standard InChI is InChI=1S/C14H14BrF2N3/c15-10-5-6-11(16)13(14(10)17)12(20-18)7-4-9-3-1-2-8-19-9/h1-3,5-6,8,12,20H,4,7,18H2. The van der Waals surface area contributed by atoms with Crippen LogP contribution in [0.2, 0.25) is 0 Å². The van der Waals surface area contributed by atoms with Gasteiger partial charge >= 0.3 is 0 Å². The van der Waals surface area contributed by atoms with Crippen molar-refractivity contribution in [3.8, 4) is 0 Å². The summed E-state index contributed by atoms with van der Waals surface area (Å²) in [7, 11) is 0. The zero-order valence-electron chi connectivity index (χ0n) is 10.6. The molecule has 0 spiro atoms. The molecule has 1 aromatic carbocycles. The first-order valence-corrected chi connectivity index (χ1v) is 6.92. The summed E-state index contributed by atoms with van der Waals surface area (Å²) in [4.78, 5) is 4.18. The van der Waals surface area contributed by atoms with E-state index in [-0.39, 0.29) is 10.0 Å². The summed E-state index contributed by atoms with van der Waals surface area (Å²) in [5.74, 6) is 4.19. The van der Waals surface area contributed by atoms with Crippen molar-refractivity contribution < 1.29 is 8.78 Å². The highest BCUT2D eigenvalue weighted by molar-refractivity contribution is 9.10. The van der Waals surface area contributed by atoms with Crippen LogP contribution in [0, 0.1) is 11.6 Å². The summed E-state index contributed by atoms with van der Waals surface area (Å²) in [6.45, 7) is 0. The highest BCUT2D eigenvalue weighted by Crippen LogP contribution is 2.28. The molecule has 2 aromatic rings. The molecule has 0 saturated heterocycles. The van der Waals surface area contributed by atoms with Gasteiger partial charge in [0.2, 0.25) is 0 Å². The third-order valence-corrected chi connectivity index (χ3v) is 3.66. The van der Waals surface area contributed by atoms with Crippen LogP contribution in [0.25, 0.3) is 0 Å². The Kier molecular flexibility index (Phi) is 5.17. The molecule has 6 heteroatoms. The van der Waals surface area contributed by atoms with Crippen LogP contribution in [0.5, 0.6) is 0 Å². The number of aromatic nitrogens is 1. The van der Waals surface area contributed by atoms with Crippen LogP contribution in [0.15, 0.2) is 41.0 Å². The van der Waals surface area contributed by atoms with Gasteiger partial charge in [-0.3, -0.25) is 16.3 Å². The van der Waals surface area contributed by atoms with Gasteiger partial charge < -0.3 is 0 Å². The molecule has 2 rings (SSSR count). The molecule has 0 radical (unpaired) electrons. The lowest BCUT2D eigenvalue weighted by Crippen LogP contribution is -2.30. The number of nitrogens with one attached hydrogen (secondary N) is 1. The Morgan fingerprint density at radius 1 is 1.25 bits per heavy atom. The van der Waals surface area contributed by atoms with Gasteiger partial charge in [0.25, 0.3) is 0 Å². The molecule has 20 heavy (non-hydrogen) atoms. The molecular weight excluding hydrogens is 328 g/mol. The normalized spacial score (nSPS) is 12.4. The van der Waals surface area contributed by atoms with Crippen molar-refractivity contribution in [2.45, 2.75) is 18.9 Å². The summed E-state index contributed by atoms with van der Waals surface area (Å²) in [6.07, 6.45) is 2.69. The van der Waals surface area contributed by atoms with E-state index >= 15 is 0 Å². The smallest absolute Gasteiger partial charge is 0.145 e. The van der Waals surface area contributed by atoms with Gasteiger partial charge in [-0.2, -0.15) is 0 Å². The van der Waals surface area contributed by atoms with Crippen LogP contribution >= 0.6 is 15.9 Å². The Hall–Kier alpha value is -1.37. The number of aryl methyl sites for hydroxylation is 1. The van der Waals surface area contributed by atoms with E-state index in [2.05, 4.69) is 26.3 Å². The van der Waals surface area contributed by atoms with Crippen LogP contribution in [-0.4, -0.2) is 4.98 Å². The highest BCUT2D eigenvalue weighted by atomic mass is 79.9. The lowest BCUT2D eigenvalue weighted by atomic mass is 10.00. The first kappa shape index (κ1) is 15.0. The SMILES string of the molecule is NNC(CCc1ccccn1)c1c(F)ccc(Br)c1F. The van der Waals surface area contributed by atoms with Crippen molar-refractivity contribution in [2.75, 3.05) is 0 Å². The second-order valence-electron chi connectivity index (χ2n) is 4.34. The lowest BCUT2D eigenvalue weighted by molar-refractivity contribution is 0.451. The number of pyridine rings is 1. The summed E-state index contributed by atoms with van der Waals surface area (Å²) < 4.78 is 28.1. The molecule has 3 nitrogen and oxygen atoms in total. The minimum atomic E-state index is -0.631. The number of nitrogens with zero attached hydrogens (tertiary/aromatic N) is 1. The quantitative estimate of drug-likeness (QED) is 0.498. The molecule has 0 amide bonds. The Balaban J connectivity index is 2.19. The fraction of sp³-hybridized carbons (Fsp3) is 0.214. The monoisotopic (exact) mass is 341 g/mol. The molecular formula is C14H14BrF2N3. The maximum Gasteiger partial charge on any atom is 0.145 e. The molecule has 1 atom stereocenters. The number of nitrogens with two attached hydrogens (primary N) is 1. The van der Waals surface area contributed by atoms with Crippen LogP contribution < -0.4 is 11.3 Å². The second kappa shape index (κ2) is 6.88. The summed E-state index contributed by atoms with van der Waals surface area (Å²) in [5, 5.41) is 0. The molecule has 0 aliphatic carbocycles. The summed E-state index contributed by atoms with van der Waals surface area (Å²) in [5.41, 5.74) is 3.26. The third-order valence-electron chi connectivity index (χ3n) is 3.04. The molecule has 3 N–H and O–H groups in total. The van der Waals surface area contributed by atoms with Crippen LogP contribution in [-0.2, 0) is 6.42 Å². The zero-order chi connectivity index (χ0) is 14.5. The summed E-state index contributed by atoms with van der Waals surface area (Å²) >= 11 is 3.05. The van der Waals surface area contributed by atoms with Crippen molar-refractivity contribution in [1.29, 1.82) is 0 Å². The van der Waals surface area contributed by atoms with Gasteiger partial charge in [0, 0.05) is 17.5 Å². The molecule has 0 saturated carbocycles. The average molecular weight is 342 g/mol. The molecule has 1 aromatic heterocycles. The first-order chi connectivity index (χ1) is 9.63. The maximum absolute atomic E-state index is 14.0. The molecule has 0 fully saturated rings. The van der Waals surface area contributed by atoms with Gasteiger partial charge in [-0.05, 0) is 53.0 Å². The third kappa shape index (κ3) is 3.39. The van der Waals surface area contributed by atoms with Gasteiger partial charge in [0.15, 0.2) is 0 Å². The van der Waals surface area contributed by atoms with E-state index in [1.165, 1.54) is 12.1 Å². The molecule has 0 aliphatic rings. The van der Waals surface area contributed by atoms with Crippen molar-refractivity contribution in [3.05, 3.63) is 63.9 Å². The fourth-order valence-corrected chi connectivity index (χ4v) is 2.36. The Morgan fingerprint density at radius 3 is 2.70 bits per heavy atom. The fourth-order valence-electron chi connectivity index (χ4n) is 2.01. The van der Waals surface area contributed by atoms with E-state index < -0.39 is 17.7 Å². The molecule has 1 heterocycles. The molecule has 0 bridgehead atoms. The number of hydrogen-bond donors (Lipinski definition) is 2. The summed E-state index contributed by atoms with van der Waals surface area (Å²) in [6, 6.07) is 7.48. The van der Waals surface area contributed by atoms with E-state index in [0.29, 0.717) is 12.8 Å². The predicted molar refractivity (Wildman–Crippen MR) is 76.7 cm³/mol. The van der Waals surface area contributed by atoms with Gasteiger partial charge in [0.1, 0.15) is 11.6 Å². The molecule has 106 valence electrons. The van der Waals surface area contributed by atoms with E-state index in [9.17, 15) is 8.78 Å². The molecule has 1 unspecified atom stereocenters. The van der Waals surface area contributed by atoms with E-state index in [4.69, 9.17) is 5.84 Å². The maximum atomic E-state index is 14.0. The van der Waals surface area contributed by atoms with Crippen LogP contribution in [0.1, 0.15) is 23.7 Å². The predicted octanol–water partition coefficient (Wildman–Crippen LogP) is 3.26. The Labute approximate surface area is 124 Å². The van der Waals surface area contributed by atoms with E-state index in [1.54, 1.807) is 6.20 Å². The molecule has 0 aliphatic heterocycles. The van der Waals surface area contributed by atoms with Crippen molar-refractivity contribution in [3.63, 3.8) is 0 Å².